The fraction of sp³-hybridized carbons (Fsp3) is 1.00. The molecule has 4 nitrogen and oxygen atoms in total. The fourth-order valence-electron chi connectivity index (χ4n) is 2.85. The third-order valence-electron chi connectivity index (χ3n) is 3.90. The average molecular weight is 246 g/mol. The zero-order chi connectivity index (χ0) is 11.6. The molecule has 0 amide bonds. The Labute approximate surface area is 98.2 Å². The Morgan fingerprint density at radius 1 is 1.12 bits per heavy atom. The van der Waals surface area contributed by atoms with Crippen molar-refractivity contribution in [2.45, 2.75) is 43.8 Å². The van der Waals surface area contributed by atoms with Crippen molar-refractivity contribution in [2.24, 2.45) is 11.7 Å². The Balaban J connectivity index is 2.04. The summed E-state index contributed by atoms with van der Waals surface area (Å²) in [6, 6.07) is 0. The normalized spacial score (nSPS) is 29.7. The highest BCUT2D eigenvalue weighted by atomic mass is 32.2. The molecule has 0 aromatic heterocycles. The summed E-state index contributed by atoms with van der Waals surface area (Å²) in [7, 11) is -3.03. The van der Waals surface area contributed by atoms with Gasteiger partial charge >= 0.3 is 0 Å². The molecule has 0 aromatic rings. The molecule has 1 heterocycles. The maximum absolute atomic E-state index is 12.3. The van der Waals surface area contributed by atoms with Crippen LogP contribution in [0.3, 0.4) is 0 Å². The van der Waals surface area contributed by atoms with Crippen molar-refractivity contribution in [1.29, 1.82) is 0 Å². The SMILES string of the molecule is NCC1CCCN(S(=O)(=O)C2CCCC2)C1. The summed E-state index contributed by atoms with van der Waals surface area (Å²) in [5, 5.41) is -0.107. The van der Waals surface area contributed by atoms with Gasteiger partial charge in [0.1, 0.15) is 0 Å². The highest BCUT2D eigenvalue weighted by Crippen LogP contribution is 2.29. The summed E-state index contributed by atoms with van der Waals surface area (Å²) in [5.74, 6) is 0.366. The van der Waals surface area contributed by atoms with Gasteiger partial charge in [-0.15, -0.1) is 0 Å². The van der Waals surface area contributed by atoms with Crippen molar-refractivity contribution in [3.8, 4) is 0 Å². The first-order valence-corrected chi connectivity index (χ1v) is 7.84. The second-order valence-electron chi connectivity index (χ2n) is 5.05. The van der Waals surface area contributed by atoms with Gasteiger partial charge in [-0.3, -0.25) is 0 Å². The molecule has 2 fully saturated rings. The smallest absolute Gasteiger partial charge is 0.216 e. The van der Waals surface area contributed by atoms with Crippen LogP contribution in [-0.2, 0) is 10.0 Å². The molecule has 0 spiro atoms. The zero-order valence-electron chi connectivity index (χ0n) is 9.77. The van der Waals surface area contributed by atoms with Crippen LogP contribution in [0.5, 0.6) is 0 Å². The third-order valence-corrected chi connectivity index (χ3v) is 6.26. The first-order valence-electron chi connectivity index (χ1n) is 6.33. The van der Waals surface area contributed by atoms with Crippen molar-refractivity contribution in [3.05, 3.63) is 0 Å². The Morgan fingerprint density at radius 2 is 1.81 bits per heavy atom. The number of hydrogen-bond acceptors (Lipinski definition) is 3. The van der Waals surface area contributed by atoms with E-state index in [1.807, 2.05) is 0 Å². The number of nitrogens with zero attached hydrogens (tertiary/aromatic N) is 1. The molecule has 2 aliphatic rings. The average Bonchev–Trinajstić information content (AvgIpc) is 2.83. The molecule has 1 aliphatic carbocycles. The van der Waals surface area contributed by atoms with Gasteiger partial charge in [0.05, 0.1) is 5.25 Å². The quantitative estimate of drug-likeness (QED) is 0.805. The Bertz CT molecular complexity index is 323. The molecule has 1 aliphatic heterocycles. The first kappa shape index (κ1) is 12.3. The van der Waals surface area contributed by atoms with Gasteiger partial charge in [-0.1, -0.05) is 12.8 Å². The summed E-state index contributed by atoms with van der Waals surface area (Å²) < 4.78 is 26.4. The third kappa shape index (κ3) is 2.41. The Hall–Kier alpha value is -0.130. The van der Waals surface area contributed by atoms with E-state index in [-0.39, 0.29) is 5.25 Å². The topological polar surface area (TPSA) is 63.4 Å². The van der Waals surface area contributed by atoms with E-state index in [9.17, 15) is 8.42 Å². The minimum absolute atomic E-state index is 0.107. The second-order valence-corrected chi connectivity index (χ2v) is 7.27. The van der Waals surface area contributed by atoms with E-state index in [1.54, 1.807) is 4.31 Å². The van der Waals surface area contributed by atoms with Crippen molar-refractivity contribution >= 4 is 10.0 Å². The second kappa shape index (κ2) is 5.02. The molecule has 1 saturated carbocycles. The van der Waals surface area contributed by atoms with Crippen molar-refractivity contribution in [1.82, 2.24) is 4.31 Å². The molecule has 1 unspecified atom stereocenters. The van der Waals surface area contributed by atoms with Gasteiger partial charge < -0.3 is 5.73 Å². The molecular formula is C11H22N2O2S. The molecular weight excluding hydrogens is 224 g/mol. The van der Waals surface area contributed by atoms with Crippen LogP contribution in [0, 0.1) is 5.92 Å². The van der Waals surface area contributed by atoms with Gasteiger partial charge in [-0.2, -0.15) is 0 Å². The van der Waals surface area contributed by atoms with Crippen LogP contribution >= 0.6 is 0 Å². The summed E-state index contributed by atoms with van der Waals surface area (Å²) in [5.41, 5.74) is 5.64. The standard InChI is InChI=1S/C11H22N2O2S/c12-8-10-4-3-7-13(9-10)16(14,15)11-5-1-2-6-11/h10-11H,1-9,12H2. The van der Waals surface area contributed by atoms with E-state index in [4.69, 9.17) is 5.73 Å². The van der Waals surface area contributed by atoms with Crippen LogP contribution in [0.1, 0.15) is 38.5 Å². The molecule has 1 atom stereocenters. The predicted octanol–water partition coefficient (Wildman–Crippen LogP) is 0.929. The predicted molar refractivity (Wildman–Crippen MR) is 64.5 cm³/mol. The highest BCUT2D eigenvalue weighted by molar-refractivity contribution is 7.89. The van der Waals surface area contributed by atoms with Gasteiger partial charge in [0, 0.05) is 13.1 Å². The maximum atomic E-state index is 12.3. The van der Waals surface area contributed by atoms with E-state index in [0.717, 1.165) is 38.5 Å². The number of hydrogen-bond donors (Lipinski definition) is 1. The van der Waals surface area contributed by atoms with Gasteiger partial charge in [-0.05, 0) is 38.1 Å². The van der Waals surface area contributed by atoms with E-state index >= 15 is 0 Å². The maximum Gasteiger partial charge on any atom is 0.216 e. The number of sulfonamides is 1. The van der Waals surface area contributed by atoms with Crippen LogP contribution < -0.4 is 5.73 Å². The van der Waals surface area contributed by atoms with E-state index < -0.39 is 10.0 Å². The molecule has 0 radical (unpaired) electrons. The molecule has 5 heteroatoms. The summed E-state index contributed by atoms with van der Waals surface area (Å²) in [6.45, 7) is 1.96. The van der Waals surface area contributed by atoms with Crippen molar-refractivity contribution in [3.63, 3.8) is 0 Å². The van der Waals surface area contributed by atoms with Crippen molar-refractivity contribution in [2.75, 3.05) is 19.6 Å². The molecule has 16 heavy (non-hydrogen) atoms. The first-order chi connectivity index (χ1) is 7.64. The van der Waals surface area contributed by atoms with Crippen LogP contribution in [0.15, 0.2) is 0 Å². The highest BCUT2D eigenvalue weighted by Gasteiger charge is 2.36. The lowest BCUT2D eigenvalue weighted by Gasteiger charge is -2.33. The van der Waals surface area contributed by atoms with Crippen molar-refractivity contribution < 1.29 is 8.42 Å². The lowest BCUT2D eigenvalue weighted by atomic mass is 10.0. The summed E-state index contributed by atoms with van der Waals surface area (Å²) in [6.07, 6.45) is 5.88. The summed E-state index contributed by atoms with van der Waals surface area (Å²) in [4.78, 5) is 0. The van der Waals surface area contributed by atoms with E-state index in [0.29, 0.717) is 25.6 Å². The molecule has 0 aromatic carbocycles. The Morgan fingerprint density at radius 3 is 2.44 bits per heavy atom. The molecule has 1 saturated heterocycles. The molecule has 2 N–H and O–H groups in total. The van der Waals surface area contributed by atoms with E-state index in [1.165, 1.54) is 0 Å². The zero-order valence-corrected chi connectivity index (χ0v) is 10.6. The number of rotatable bonds is 3. The summed E-state index contributed by atoms with van der Waals surface area (Å²) >= 11 is 0. The lowest BCUT2D eigenvalue weighted by Crippen LogP contribution is -2.45. The Kier molecular flexibility index (Phi) is 3.87. The van der Waals surface area contributed by atoms with Crippen LogP contribution in [0.2, 0.25) is 0 Å². The lowest BCUT2D eigenvalue weighted by molar-refractivity contribution is 0.269. The van der Waals surface area contributed by atoms with Crippen LogP contribution in [0.4, 0.5) is 0 Å². The fourth-order valence-corrected chi connectivity index (χ4v) is 5.00. The van der Waals surface area contributed by atoms with Crippen LogP contribution in [0.25, 0.3) is 0 Å². The number of piperidine rings is 1. The van der Waals surface area contributed by atoms with Gasteiger partial charge in [-0.25, -0.2) is 12.7 Å². The van der Waals surface area contributed by atoms with Gasteiger partial charge in [0.15, 0.2) is 0 Å². The molecule has 94 valence electrons. The van der Waals surface area contributed by atoms with Gasteiger partial charge in [0.2, 0.25) is 10.0 Å². The molecule has 2 rings (SSSR count). The minimum Gasteiger partial charge on any atom is -0.330 e. The van der Waals surface area contributed by atoms with Gasteiger partial charge in [0.25, 0.3) is 0 Å². The van der Waals surface area contributed by atoms with E-state index in [2.05, 4.69) is 0 Å². The monoisotopic (exact) mass is 246 g/mol. The minimum atomic E-state index is -3.03. The molecule has 0 bridgehead atoms. The largest absolute Gasteiger partial charge is 0.330 e. The van der Waals surface area contributed by atoms with Crippen LogP contribution in [-0.4, -0.2) is 37.6 Å². The number of nitrogens with two attached hydrogens (primary N) is 1.